The van der Waals surface area contributed by atoms with Crippen LogP contribution in [0.3, 0.4) is 0 Å². The quantitative estimate of drug-likeness (QED) is 0.0222. The standard InChI is InChI=1S/C82H160O17P2/c1-8-12-13-14-15-16-17-18-19-20-21-22-23-24-25-30-33-36-42-51-58-65-81(86)98-77(69-92-79(84)63-56-49-41-35-32-29-27-26-28-31-34-39-46-53-60-73(5)9-2)71-96-100(88,89)94-67-76(83)68-95-101(90,91)97-72-78(70-93-80(85)64-57-50-45-44-48-55-62-75(7)11-4)99-82(87)66-59-52-43-38-37-40-47-54-61-74(6)10-3/h73-78,83H,8-72H2,1-7H3,(H,88,89)(H,90,91)/t73?,74?,75?,76-,77-,78-/m1/s1. The number of carbonyl (C=O) groups is 4. The van der Waals surface area contributed by atoms with E-state index in [0.717, 1.165) is 114 Å². The molecule has 17 nitrogen and oxygen atoms in total. The van der Waals surface area contributed by atoms with Crippen LogP contribution in [0.2, 0.25) is 0 Å². The SMILES string of the molecule is CCCCCCCCCCCCCCCCCCCCCCCC(=O)O[C@H](COC(=O)CCCCCCCCCCCCCCCCC(C)CC)COP(=O)(O)OC[C@@H](O)COP(=O)(O)OC[C@@H](COC(=O)CCCCCCCCC(C)CC)OC(=O)CCCCCCCCCCC(C)CC. The van der Waals surface area contributed by atoms with Gasteiger partial charge in [-0.3, -0.25) is 37.3 Å². The minimum atomic E-state index is -4.96. The number of aliphatic hydroxyl groups excluding tert-OH is 1. The molecule has 101 heavy (non-hydrogen) atoms. The molecule has 3 N–H and O–H groups in total. The van der Waals surface area contributed by atoms with E-state index in [-0.39, 0.29) is 25.7 Å². The molecule has 0 aromatic rings. The van der Waals surface area contributed by atoms with E-state index >= 15 is 0 Å². The number of unbranched alkanes of at least 4 members (excludes halogenated alkanes) is 45. The molecule has 0 heterocycles. The Labute approximate surface area is 619 Å². The molecular weight excluding hydrogens is 1320 g/mol. The van der Waals surface area contributed by atoms with Crippen molar-refractivity contribution in [3.63, 3.8) is 0 Å². The summed E-state index contributed by atoms with van der Waals surface area (Å²) in [6, 6.07) is 0. The third kappa shape index (κ3) is 72.1. The Hall–Kier alpha value is -1.94. The molecule has 0 amide bonds. The molecule has 0 aromatic heterocycles. The lowest BCUT2D eigenvalue weighted by Crippen LogP contribution is -2.30. The molecule has 19 heteroatoms. The van der Waals surface area contributed by atoms with Crippen LogP contribution in [0.4, 0.5) is 0 Å². The van der Waals surface area contributed by atoms with E-state index in [2.05, 4.69) is 48.5 Å². The molecule has 0 radical (unpaired) electrons. The van der Waals surface area contributed by atoms with Crippen molar-refractivity contribution in [1.82, 2.24) is 0 Å². The lowest BCUT2D eigenvalue weighted by Gasteiger charge is -2.21. The second-order valence-electron chi connectivity index (χ2n) is 30.2. The number of esters is 4. The third-order valence-corrected chi connectivity index (χ3v) is 22.1. The maximum absolute atomic E-state index is 13.1. The summed E-state index contributed by atoms with van der Waals surface area (Å²) in [6.07, 6.45) is 61.1. The van der Waals surface area contributed by atoms with Gasteiger partial charge in [-0.25, -0.2) is 9.13 Å². The van der Waals surface area contributed by atoms with Crippen molar-refractivity contribution in [2.24, 2.45) is 17.8 Å². The van der Waals surface area contributed by atoms with Crippen LogP contribution < -0.4 is 0 Å². The van der Waals surface area contributed by atoms with Crippen molar-refractivity contribution in [1.29, 1.82) is 0 Å². The lowest BCUT2D eigenvalue weighted by molar-refractivity contribution is -0.161. The number of ether oxygens (including phenoxy) is 4. The Morgan fingerprint density at radius 1 is 0.277 bits per heavy atom. The molecule has 0 saturated heterocycles. The van der Waals surface area contributed by atoms with Crippen molar-refractivity contribution in [3.8, 4) is 0 Å². The number of rotatable bonds is 80. The Kier molecular flexibility index (Phi) is 70.9. The van der Waals surface area contributed by atoms with Gasteiger partial charge in [0.1, 0.15) is 19.3 Å². The van der Waals surface area contributed by atoms with Gasteiger partial charge in [-0.15, -0.1) is 0 Å². The van der Waals surface area contributed by atoms with E-state index in [1.807, 2.05) is 0 Å². The van der Waals surface area contributed by atoms with Crippen LogP contribution in [-0.2, 0) is 65.4 Å². The van der Waals surface area contributed by atoms with Gasteiger partial charge in [-0.1, -0.05) is 376 Å². The molecule has 0 aliphatic carbocycles. The van der Waals surface area contributed by atoms with Crippen molar-refractivity contribution < 1.29 is 80.2 Å². The van der Waals surface area contributed by atoms with Gasteiger partial charge in [0.2, 0.25) is 0 Å². The topological polar surface area (TPSA) is 237 Å². The predicted octanol–water partition coefficient (Wildman–Crippen LogP) is 24.5. The van der Waals surface area contributed by atoms with Crippen LogP contribution in [0.25, 0.3) is 0 Å². The maximum atomic E-state index is 13.1. The lowest BCUT2D eigenvalue weighted by atomic mass is 9.99. The van der Waals surface area contributed by atoms with Gasteiger partial charge in [0.15, 0.2) is 12.2 Å². The van der Waals surface area contributed by atoms with Gasteiger partial charge in [0.05, 0.1) is 26.4 Å². The van der Waals surface area contributed by atoms with E-state index in [9.17, 15) is 43.2 Å². The average molecular weight is 1480 g/mol. The third-order valence-electron chi connectivity index (χ3n) is 20.2. The largest absolute Gasteiger partial charge is 0.472 e. The van der Waals surface area contributed by atoms with Crippen molar-refractivity contribution in [3.05, 3.63) is 0 Å². The fourth-order valence-electron chi connectivity index (χ4n) is 12.6. The van der Waals surface area contributed by atoms with Gasteiger partial charge in [0.25, 0.3) is 0 Å². The van der Waals surface area contributed by atoms with Crippen molar-refractivity contribution >= 4 is 39.5 Å². The highest BCUT2D eigenvalue weighted by atomic mass is 31.2. The van der Waals surface area contributed by atoms with Gasteiger partial charge in [-0.2, -0.15) is 0 Å². The smallest absolute Gasteiger partial charge is 0.462 e. The first-order valence-electron chi connectivity index (χ1n) is 42.5. The second kappa shape index (κ2) is 72.3. The first kappa shape index (κ1) is 99.1. The summed E-state index contributed by atoms with van der Waals surface area (Å²) >= 11 is 0. The average Bonchev–Trinajstić information content (AvgIpc) is 0.919. The monoisotopic (exact) mass is 1480 g/mol. The van der Waals surface area contributed by atoms with Gasteiger partial charge in [0, 0.05) is 25.7 Å². The Balaban J connectivity index is 5.23. The van der Waals surface area contributed by atoms with Crippen LogP contribution in [0.1, 0.15) is 427 Å². The van der Waals surface area contributed by atoms with E-state index in [1.165, 1.54) is 231 Å². The normalized spacial score (nSPS) is 14.8. The maximum Gasteiger partial charge on any atom is 0.472 e. The molecule has 600 valence electrons. The van der Waals surface area contributed by atoms with E-state index < -0.39 is 97.5 Å². The van der Waals surface area contributed by atoms with Crippen LogP contribution in [-0.4, -0.2) is 96.7 Å². The summed E-state index contributed by atoms with van der Waals surface area (Å²) in [5.41, 5.74) is 0. The highest BCUT2D eigenvalue weighted by molar-refractivity contribution is 7.47. The van der Waals surface area contributed by atoms with Crippen LogP contribution >= 0.6 is 15.6 Å². The van der Waals surface area contributed by atoms with Crippen molar-refractivity contribution in [2.75, 3.05) is 39.6 Å². The summed E-state index contributed by atoms with van der Waals surface area (Å²) in [5, 5.41) is 10.6. The van der Waals surface area contributed by atoms with Crippen LogP contribution in [0.5, 0.6) is 0 Å². The molecule has 0 saturated carbocycles. The Morgan fingerprint density at radius 3 is 0.703 bits per heavy atom. The van der Waals surface area contributed by atoms with E-state index in [4.69, 9.17) is 37.0 Å². The Morgan fingerprint density at radius 2 is 0.475 bits per heavy atom. The second-order valence-corrected chi connectivity index (χ2v) is 33.1. The zero-order valence-corrected chi connectivity index (χ0v) is 68.2. The highest BCUT2D eigenvalue weighted by Crippen LogP contribution is 2.45. The van der Waals surface area contributed by atoms with Gasteiger partial charge < -0.3 is 33.8 Å². The molecule has 0 rings (SSSR count). The Bertz CT molecular complexity index is 1960. The fraction of sp³-hybridized carbons (Fsp3) is 0.951. The summed E-state index contributed by atoms with van der Waals surface area (Å²) in [6.45, 7) is 11.9. The zero-order chi connectivity index (χ0) is 74.4. The predicted molar refractivity (Wildman–Crippen MR) is 414 cm³/mol. The summed E-state index contributed by atoms with van der Waals surface area (Å²) in [4.78, 5) is 73.0. The van der Waals surface area contributed by atoms with Crippen LogP contribution in [0.15, 0.2) is 0 Å². The number of carbonyl (C=O) groups excluding carboxylic acids is 4. The van der Waals surface area contributed by atoms with Gasteiger partial charge in [-0.05, 0) is 43.4 Å². The summed E-state index contributed by atoms with van der Waals surface area (Å²) in [5.74, 6) is 0.236. The first-order valence-corrected chi connectivity index (χ1v) is 45.5. The number of hydrogen-bond acceptors (Lipinski definition) is 15. The molecule has 5 unspecified atom stereocenters. The molecule has 0 aliphatic rings. The molecular formula is C82H160O17P2. The molecule has 0 aliphatic heterocycles. The number of phosphoric ester groups is 2. The number of aliphatic hydroxyl groups is 1. The first-order chi connectivity index (χ1) is 48.8. The number of phosphoric acid groups is 2. The molecule has 8 atom stereocenters. The summed E-state index contributed by atoms with van der Waals surface area (Å²) in [7, 11) is -9.92. The van der Waals surface area contributed by atoms with Crippen molar-refractivity contribution in [2.45, 2.75) is 446 Å². The van der Waals surface area contributed by atoms with Gasteiger partial charge >= 0.3 is 39.5 Å². The fourth-order valence-corrected chi connectivity index (χ4v) is 14.1. The number of hydrogen-bond donors (Lipinski definition) is 3. The molecule has 0 fully saturated rings. The van der Waals surface area contributed by atoms with Crippen LogP contribution in [0, 0.1) is 17.8 Å². The highest BCUT2D eigenvalue weighted by Gasteiger charge is 2.30. The van der Waals surface area contributed by atoms with E-state index in [0.29, 0.717) is 25.7 Å². The summed E-state index contributed by atoms with van der Waals surface area (Å²) < 4.78 is 68.7. The molecule has 0 bridgehead atoms. The van der Waals surface area contributed by atoms with E-state index in [1.54, 1.807) is 0 Å². The molecule has 0 aromatic carbocycles. The minimum Gasteiger partial charge on any atom is -0.462 e. The minimum absolute atomic E-state index is 0.104. The molecule has 0 spiro atoms. The zero-order valence-electron chi connectivity index (χ0n) is 66.4.